The molecule has 0 aliphatic carbocycles. The van der Waals surface area contributed by atoms with E-state index < -0.39 is 0 Å². The lowest BCUT2D eigenvalue weighted by Gasteiger charge is -2.23. The smallest absolute Gasteiger partial charge is 0.279 e. The zero-order valence-corrected chi connectivity index (χ0v) is 15.8. The number of hydrogen-bond donors (Lipinski definition) is 2. The molecule has 2 N–H and O–H groups in total. The Kier molecular flexibility index (Phi) is 6.01. The number of rotatable bonds is 6. The Labute approximate surface area is 158 Å². The SMILES string of the molecule is COc1ccc(OC)c([C@@H]2CCC[NH+]2CC(=O)Nc2cccc(Cl)c2)c1. The van der Waals surface area contributed by atoms with Crippen LogP contribution < -0.4 is 19.7 Å². The molecule has 0 bridgehead atoms. The van der Waals surface area contributed by atoms with Gasteiger partial charge in [-0.2, -0.15) is 0 Å². The summed E-state index contributed by atoms with van der Waals surface area (Å²) in [6.07, 6.45) is 2.09. The van der Waals surface area contributed by atoms with Gasteiger partial charge in [-0.1, -0.05) is 17.7 Å². The van der Waals surface area contributed by atoms with Crippen molar-refractivity contribution < 1.29 is 19.2 Å². The Morgan fingerprint density at radius 1 is 1.23 bits per heavy atom. The van der Waals surface area contributed by atoms with Crippen LogP contribution in [-0.4, -0.2) is 33.2 Å². The number of hydrogen-bond acceptors (Lipinski definition) is 3. The lowest BCUT2D eigenvalue weighted by Crippen LogP contribution is -3.11. The number of carbonyl (C=O) groups excluding carboxylic acids is 1. The third-order valence-corrected chi connectivity index (χ3v) is 5.03. The van der Waals surface area contributed by atoms with Gasteiger partial charge in [0.15, 0.2) is 6.54 Å². The minimum Gasteiger partial charge on any atom is -0.497 e. The highest BCUT2D eigenvalue weighted by Gasteiger charge is 2.34. The zero-order valence-electron chi connectivity index (χ0n) is 15.0. The van der Waals surface area contributed by atoms with Crippen LogP contribution >= 0.6 is 11.6 Å². The van der Waals surface area contributed by atoms with Crippen molar-refractivity contribution in [1.29, 1.82) is 0 Å². The van der Waals surface area contributed by atoms with Gasteiger partial charge in [-0.05, 0) is 36.4 Å². The van der Waals surface area contributed by atoms with E-state index in [0.717, 1.165) is 42.1 Å². The molecule has 1 aliphatic heterocycles. The van der Waals surface area contributed by atoms with Gasteiger partial charge < -0.3 is 19.7 Å². The molecule has 1 aliphatic rings. The molecule has 1 saturated heterocycles. The summed E-state index contributed by atoms with van der Waals surface area (Å²) >= 11 is 5.98. The van der Waals surface area contributed by atoms with E-state index in [1.54, 1.807) is 26.4 Å². The molecule has 2 aromatic carbocycles. The first-order chi connectivity index (χ1) is 12.6. The number of nitrogens with one attached hydrogen (secondary N) is 2. The van der Waals surface area contributed by atoms with E-state index in [0.29, 0.717) is 11.6 Å². The molecular weight excluding hydrogens is 352 g/mol. The van der Waals surface area contributed by atoms with Gasteiger partial charge in [0, 0.05) is 23.6 Å². The molecule has 26 heavy (non-hydrogen) atoms. The Morgan fingerprint density at radius 3 is 2.81 bits per heavy atom. The van der Waals surface area contributed by atoms with Crippen LogP contribution in [0, 0.1) is 0 Å². The lowest BCUT2D eigenvalue weighted by molar-refractivity contribution is -0.910. The van der Waals surface area contributed by atoms with Crippen LogP contribution in [0.5, 0.6) is 11.5 Å². The van der Waals surface area contributed by atoms with Gasteiger partial charge >= 0.3 is 0 Å². The van der Waals surface area contributed by atoms with E-state index in [2.05, 4.69) is 5.32 Å². The highest BCUT2D eigenvalue weighted by molar-refractivity contribution is 6.30. The molecule has 5 nitrogen and oxygen atoms in total. The van der Waals surface area contributed by atoms with Crippen molar-refractivity contribution in [2.24, 2.45) is 0 Å². The van der Waals surface area contributed by atoms with Gasteiger partial charge in [-0.25, -0.2) is 0 Å². The second-order valence-corrected chi connectivity index (χ2v) is 6.88. The molecule has 0 saturated carbocycles. The van der Waals surface area contributed by atoms with Crippen LogP contribution in [0.1, 0.15) is 24.4 Å². The van der Waals surface area contributed by atoms with Gasteiger partial charge in [0.05, 0.1) is 26.3 Å². The number of likely N-dealkylation sites (tertiary alicyclic amines) is 1. The van der Waals surface area contributed by atoms with Crippen molar-refractivity contribution in [3.05, 3.63) is 53.1 Å². The van der Waals surface area contributed by atoms with Crippen LogP contribution in [0.25, 0.3) is 0 Å². The molecule has 0 aromatic heterocycles. The number of amides is 1. The summed E-state index contributed by atoms with van der Waals surface area (Å²) in [5.74, 6) is 1.62. The Hall–Kier alpha value is -2.24. The third kappa shape index (κ3) is 4.29. The Bertz CT molecular complexity index is 781. The fraction of sp³-hybridized carbons (Fsp3) is 0.350. The van der Waals surface area contributed by atoms with Crippen molar-refractivity contribution in [3.63, 3.8) is 0 Å². The molecule has 0 radical (unpaired) electrons. The Balaban J connectivity index is 1.73. The van der Waals surface area contributed by atoms with Gasteiger partial charge in [0.25, 0.3) is 5.91 Å². The standard InChI is InChI=1S/C20H23ClN2O3/c1-25-16-8-9-19(26-2)17(12-16)18-7-4-10-23(18)13-20(24)22-15-6-3-5-14(21)11-15/h3,5-6,8-9,11-12,18H,4,7,10,13H2,1-2H3,(H,22,24)/p+1/t18-/m0/s1. The minimum absolute atomic E-state index is 0.0176. The maximum Gasteiger partial charge on any atom is 0.279 e. The number of halogens is 1. The topological polar surface area (TPSA) is 52.0 Å². The highest BCUT2D eigenvalue weighted by Crippen LogP contribution is 2.31. The van der Waals surface area contributed by atoms with Crippen LogP contribution in [0.3, 0.4) is 0 Å². The van der Waals surface area contributed by atoms with Gasteiger partial charge in [-0.15, -0.1) is 0 Å². The number of ether oxygens (including phenoxy) is 2. The van der Waals surface area contributed by atoms with Crippen molar-refractivity contribution in [2.45, 2.75) is 18.9 Å². The summed E-state index contributed by atoms with van der Waals surface area (Å²) in [7, 11) is 3.33. The van der Waals surface area contributed by atoms with Crippen molar-refractivity contribution in [2.75, 3.05) is 32.6 Å². The largest absolute Gasteiger partial charge is 0.497 e. The summed E-state index contributed by atoms with van der Waals surface area (Å²) in [5, 5.41) is 3.54. The molecule has 0 spiro atoms. The maximum atomic E-state index is 12.5. The molecule has 138 valence electrons. The van der Waals surface area contributed by atoms with Crippen molar-refractivity contribution >= 4 is 23.2 Å². The molecule has 3 rings (SSSR count). The molecule has 2 aromatic rings. The highest BCUT2D eigenvalue weighted by atomic mass is 35.5. The predicted molar refractivity (Wildman–Crippen MR) is 102 cm³/mol. The van der Waals surface area contributed by atoms with E-state index >= 15 is 0 Å². The van der Waals surface area contributed by atoms with Gasteiger partial charge in [-0.3, -0.25) is 4.79 Å². The summed E-state index contributed by atoms with van der Waals surface area (Å²) in [4.78, 5) is 13.7. The second kappa shape index (κ2) is 8.43. The minimum atomic E-state index is -0.0176. The van der Waals surface area contributed by atoms with E-state index in [1.165, 1.54) is 4.90 Å². The first kappa shape index (κ1) is 18.5. The van der Waals surface area contributed by atoms with Crippen molar-refractivity contribution in [1.82, 2.24) is 0 Å². The van der Waals surface area contributed by atoms with Crippen LogP contribution in [0.4, 0.5) is 5.69 Å². The normalized spacial score (nSPS) is 19.2. The first-order valence-electron chi connectivity index (χ1n) is 8.72. The summed E-state index contributed by atoms with van der Waals surface area (Å²) in [6.45, 7) is 1.35. The van der Waals surface area contributed by atoms with Crippen LogP contribution in [0.2, 0.25) is 5.02 Å². The average Bonchev–Trinajstić information content (AvgIpc) is 3.08. The van der Waals surface area contributed by atoms with E-state index in [-0.39, 0.29) is 11.9 Å². The fourth-order valence-electron chi connectivity index (χ4n) is 3.59. The number of carbonyl (C=O) groups is 1. The first-order valence-corrected chi connectivity index (χ1v) is 9.10. The number of benzene rings is 2. The molecule has 1 amide bonds. The maximum absolute atomic E-state index is 12.5. The summed E-state index contributed by atoms with van der Waals surface area (Å²) < 4.78 is 10.9. The van der Waals surface area contributed by atoms with Crippen LogP contribution in [0.15, 0.2) is 42.5 Å². The lowest BCUT2D eigenvalue weighted by atomic mass is 10.0. The van der Waals surface area contributed by atoms with E-state index in [4.69, 9.17) is 21.1 Å². The van der Waals surface area contributed by atoms with Gasteiger partial charge in [0.2, 0.25) is 0 Å². The molecule has 1 unspecified atom stereocenters. The molecular formula is C20H24ClN2O3+. The van der Waals surface area contributed by atoms with E-state index in [1.807, 2.05) is 30.3 Å². The molecule has 2 atom stereocenters. The van der Waals surface area contributed by atoms with Crippen LogP contribution in [-0.2, 0) is 4.79 Å². The fourth-order valence-corrected chi connectivity index (χ4v) is 3.78. The van der Waals surface area contributed by atoms with Crippen molar-refractivity contribution in [3.8, 4) is 11.5 Å². The quantitative estimate of drug-likeness (QED) is 0.816. The zero-order chi connectivity index (χ0) is 18.5. The summed E-state index contributed by atoms with van der Waals surface area (Å²) in [6, 6.07) is 13.2. The molecule has 1 heterocycles. The monoisotopic (exact) mass is 375 g/mol. The predicted octanol–water partition coefficient (Wildman–Crippen LogP) is 2.72. The molecule has 1 fully saturated rings. The Morgan fingerprint density at radius 2 is 2.08 bits per heavy atom. The summed E-state index contributed by atoms with van der Waals surface area (Å²) in [5.41, 5.74) is 1.81. The number of quaternary nitrogens is 1. The third-order valence-electron chi connectivity index (χ3n) is 4.79. The van der Waals surface area contributed by atoms with E-state index in [9.17, 15) is 4.79 Å². The molecule has 6 heteroatoms. The number of methoxy groups -OCH3 is 2. The second-order valence-electron chi connectivity index (χ2n) is 6.45. The van der Waals surface area contributed by atoms with Gasteiger partial charge in [0.1, 0.15) is 17.5 Å². The number of anilines is 1. The average molecular weight is 376 g/mol.